The molecule has 2 aromatic rings. The Morgan fingerprint density at radius 3 is 2.66 bits per heavy atom. The van der Waals surface area contributed by atoms with E-state index in [1.807, 2.05) is 54.6 Å². The summed E-state index contributed by atoms with van der Waals surface area (Å²) in [7, 11) is 0. The number of aliphatic hydroxyl groups is 1. The van der Waals surface area contributed by atoms with Crippen LogP contribution in [-0.2, 0) is 11.2 Å². The average Bonchev–Trinajstić information content (AvgIpc) is 3.08. The number of aliphatic carboxylic acids is 1. The third-order valence-electron chi connectivity index (χ3n) is 5.50. The van der Waals surface area contributed by atoms with E-state index >= 15 is 0 Å². The Morgan fingerprint density at radius 2 is 1.90 bits per heavy atom. The predicted molar refractivity (Wildman–Crippen MR) is 111 cm³/mol. The van der Waals surface area contributed by atoms with E-state index in [1.165, 1.54) is 0 Å². The second-order valence-corrected chi connectivity index (χ2v) is 7.46. The standard InChI is InChI=1S/C24H28O5/c25-22-14-13-19(21-11-6-7-17(24(21)28)12-15-23(26)27)20(22)10-4-5-16-29-18-8-2-1-3-9-18/h1-4,6-11,19-20,22,25,28H,5,12-16H2,(H,26,27)/b10-4+/t19-,20?,22+/m0/s1. The van der Waals surface area contributed by atoms with Crippen molar-refractivity contribution in [2.24, 2.45) is 5.92 Å². The highest BCUT2D eigenvalue weighted by atomic mass is 16.5. The first kappa shape index (κ1) is 20.9. The molecule has 0 radical (unpaired) electrons. The van der Waals surface area contributed by atoms with Crippen molar-refractivity contribution < 1.29 is 24.9 Å². The van der Waals surface area contributed by atoms with Crippen molar-refractivity contribution in [1.29, 1.82) is 0 Å². The van der Waals surface area contributed by atoms with Gasteiger partial charge in [-0.3, -0.25) is 4.79 Å². The smallest absolute Gasteiger partial charge is 0.303 e. The van der Waals surface area contributed by atoms with Gasteiger partial charge in [-0.2, -0.15) is 0 Å². The molecule has 0 bridgehead atoms. The number of carboxylic acids is 1. The summed E-state index contributed by atoms with van der Waals surface area (Å²) in [6, 6.07) is 15.1. The van der Waals surface area contributed by atoms with Crippen LogP contribution in [0.5, 0.6) is 11.5 Å². The number of aliphatic hydroxyl groups excluding tert-OH is 1. The number of phenols is 1. The van der Waals surface area contributed by atoms with E-state index in [9.17, 15) is 15.0 Å². The lowest BCUT2D eigenvalue weighted by Gasteiger charge is -2.21. The maximum absolute atomic E-state index is 10.8. The van der Waals surface area contributed by atoms with E-state index in [-0.39, 0.29) is 24.0 Å². The molecule has 1 unspecified atom stereocenters. The Labute approximate surface area is 171 Å². The van der Waals surface area contributed by atoms with Gasteiger partial charge in [-0.1, -0.05) is 48.6 Å². The molecule has 3 atom stereocenters. The second-order valence-electron chi connectivity index (χ2n) is 7.46. The Hall–Kier alpha value is -2.79. The number of aryl methyl sites for hydroxylation is 1. The van der Waals surface area contributed by atoms with Crippen LogP contribution in [0.25, 0.3) is 0 Å². The van der Waals surface area contributed by atoms with E-state index in [1.54, 1.807) is 6.07 Å². The molecule has 5 nitrogen and oxygen atoms in total. The zero-order chi connectivity index (χ0) is 20.6. The number of hydrogen-bond acceptors (Lipinski definition) is 4. The molecule has 0 aliphatic heterocycles. The highest BCUT2D eigenvalue weighted by molar-refractivity contribution is 5.67. The minimum Gasteiger partial charge on any atom is -0.507 e. The number of para-hydroxylation sites is 2. The Bertz CT molecular complexity index is 830. The molecule has 1 aliphatic rings. The lowest BCUT2D eigenvalue weighted by Crippen LogP contribution is -2.16. The Kier molecular flexibility index (Phi) is 7.30. The molecule has 2 aromatic carbocycles. The fourth-order valence-corrected chi connectivity index (χ4v) is 4.00. The summed E-state index contributed by atoms with van der Waals surface area (Å²) in [5.74, 6) is 0.0551. The minimum atomic E-state index is -0.885. The maximum Gasteiger partial charge on any atom is 0.303 e. The van der Waals surface area contributed by atoms with Gasteiger partial charge in [-0.15, -0.1) is 0 Å². The zero-order valence-corrected chi connectivity index (χ0v) is 16.4. The predicted octanol–water partition coefficient (Wildman–Crippen LogP) is 4.29. The van der Waals surface area contributed by atoms with Crippen molar-refractivity contribution in [1.82, 2.24) is 0 Å². The van der Waals surface area contributed by atoms with Gasteiger partial charge in [0.2, 0.25) is 0 Å². The number of rotatable bonds is 9. The highest BCUT2D eigenvalue weighted by Crippen LogP contribution is 2.44. The van der Waals surface area contributed by atoms with Crippen molar-refractivity contribution in [3.63, 3.8) is 0 Å². The Balaban J connectivity index is 1.63. The van der Waals surface area contributed by atoms with Crippen molar-refractivity contribution in [3.05, 3.63) is 71.8 Å². The number of ether oxygens (including phenoxy) is 1. The quantitative estimate of drug-likeness (QED) is 0.435. The van der Waals surface area contributed by atoms with Gasteiger partial charge in [0.15, 0.2) is 0 Å². The zero-order valence-electron chi connectivity index (χ0n) is 16.4. The number of phenolic OH excluding ortho intramolecular Hbond substituents is 1. The molecule has 3 N–H and O–H groups in total. The van der Waals surface area contributed by atoms with Crippen molar-refractivity contribution in [2.75, 3.05) is 6.61 Å². The minimum absolute atomic E-state index is 0.0149. The monoisotopic (exact) mass is 396 g/mol. The van der Waals surface area contributed by atoms with Crippen LogP contribution in [0.3, 0.4) is 0 Å². The van der Waals surface area contributed by atoms with Gasteiger partial charge >= 0.3 is 5.97 Å². The van der Waals surface area contributed by atoms with Crippen LogP contribution >= 0.6 is 0 Å². The van der Waals surface area contributed by atoms with Gasteiger partial charge in [0.25, 0.3) is 0 Å². The van der Waals surface area contributed by atoms with Crippen LogP contribution in [0, 0.1) is 5.92 Å². The first-order valence-corrected chi connectivity index (χ1v) is 10.1. The van der Waals surface area contributed by atoms with Crippen molar-refractivity contribution >= 4 is 5.97 Å². The van der Waals surface area contributed by atoms with Gasteiger partial charge < -0.3 is 20.1 Å². The summed E-state index contributed by atoms with van der Waals surface area (Å²) in [6.45, 7) is 0.559. The summed E-state index contributed by atoms with van der Waals surface area (Å²) < 4.78 is 5.69. The molecule has 154 valence electrons. The number of benzene rings is 2. The van der Waals surface area contributed by atoms with E-state index in [4.69, 9.17) is 9.84 Å². The lowest BCUT2D eigenvalue weighted by atomic mass is 9.85. The van der Waals surface area contributed by atoms with Gasteiger partial charge in [0.1, 0.15) is 11.5 Å². The molecule has 0 amide bonds. The molecule has 29 heavy (non-hydrogen) atoms. The topological polar surface area (TPSA) is 87.0 Å². The number of hydrogen-bond donors (Lipinski definition) is 3. The summed E-state index contributed by atoms with van der Waals surface area (Å²) in [6.07, 6.45) is 6.08. The van der Waals surface area contributed by atoms with E-state index in [2.05, 4.69) is 0 Å². The SMILES string of the molecule is O=C(O)CCc1cccc([C@H]2CC[C@@H](O)C2/C=C/CCOc2ccccc2)c1O. The third kappa shape index (κ3) is 5.61. The first-order valence-electron chi connectivity index (χ1n) is 10.1. The van der Waals surface area contributed by atoms with Crippen LogP contribution in [0.1, 0.15) is 42.7 Å². The molecule has 0 saturated heterocycles. The lowest BCUT2D eigenvalue weighted by molar-refractivity contribution is -0.136. The molecule has 1 saturated carbocycles. The highest BCUT2D eigenvalue weighted by Gasteiger charge is 2.35. The maximum atomic E-state index is 10.8. The fourth-order valence-electron chi connectivity index (χ4n) is 4.00. The molecule has 3 rings (SSSR count). The molecule has 1 aliphatic carbocycles. The van der Waals surface area contributed by atoms with Crippen LogP contribution in [0.2, 0.25) is 0 Å². The Morgan fingerprint density at radius 1 is 1.10 bits per heavy atom. The summed E-state index contributed by atoms with van der Waals surface area (Å²) in [4.78, 5) is 10.8. The molecular weight excluding hydrogens is 368 g/mol. The van der Waals surface area contributed by atoms with Gasteiger partial charge in [0.05, 0.1) is 12.7 Å². The molecule has 1 fully saturated rings. The molecule has 5 heteroatoms. The molecular formula is C24H28O5. The van der Waals surface area contributed by atoms with Crippen LogP contribution < -0.4 is 4.74 Å². The first-order chi connectivity index (χ1) is 14.1. The van der Waals surface area contributed by atoms with Crippen molar-refractivity contribution in [2.45, 2.75) is 44.1 Å². The van der Waals surface area contributed by atoms with Crippen molar-refractivity contribution in [3.8, 4) is 11.5 Å². The average molecular weight is 396 g/mol. The largest absolute Gasteiger partial charge is 0.507 e. The number of carbonyl (C=O) groups is 1. The second kappa shape index (κ2) is 10.1. The van der Waals surface area contributed by atoms with E-state index in [0.29, 0.717) is 25.0 Å². The number of aromatic hydroxyl groups is 1. The normalized spacial score (nSPS) is 21.5. The van der Waals surface area contributed by atoms with Gasteiger partial charge in [0, 0.05) is 12.3 Å². The molecule has 0 aromatic heterocycles. The van der Waals surface area contributed by atoms with E-state index < -0.39 is 12.1 Å². The van der Waals surface area contributed by atoms with E-state index in [0.717, 1.165) is 24.2 Å². The van der Waals surface area contributed by atoms with Crippen LogP contribution in [0.15, 0.2) is 60.7 Å². The van der Waals surface area contributed by atoms with Crippen LogP contribution in [0.4, 0.5) is 0 Å². The summed E-state index contributed by atoms with van der Waals surface area (Å²) in [5, 5.41) is 30.0. The van der Waals surface area contributed by atoms with Crippen LogP contribution in [-0.4, -0.2) is 34.0 Å². The van der Waals surface area contributed by atoms with Gasteiger partial charge in [-0.05, 0) is 54.9 Å². The summed E-state index contributed by atoms with van der Waals surface area (Å²) in [5.41, 5.74) is 1.44. The summed E-state index contributed by atoms with van der Waals surface area (Å²) >= 11 is 0. The number of carboxylic acid groups (broad SMARTS) is 1. The third-order valence-corrected chi connectivity index (χ3v) is 5.50. The molecule has 0 spiro atoms. The fraction of sp³-hybridized carbons (Fsp3) is 0.375. The van der Waals surface area contributed by atoms with Gasteiger partial charge in [-0.25, -0.2) is 0 Å². The molecule has 0 heterocycles.